The lowest BCUT2D eigenvalue weighted by atomic mass is 10.3. The van der Waals surface area contributed by atoms with Gasteiger partial charge in [0.1, 0.15) is 6.67 Å². The van der Waals surface area contributed by atoms with Crippen molar-refractivity contribution in [1.29, 1.82) is 0 Å². The molecule has 0 atom stereocenters. The molecule has 0 saturated heterocycles. The molecular formula is C12H10F2N4O2. The average Bonchev–Trinajstić information content (AvgIpc) is 2.45. The number of alkyl halides is 1. The minimum Gasteiger partial charge on any atom is -0.318 e. The smallest absolute Gasteiger partial charge is 0.293 e. The maximum atomic E-state index is 13.4. The van der Waals surface area contributed by atoms with Crippen LogP contribution in [0.25, 0.3) is 0 Å². The van der Waals surface area contributed by atoms with E-state index < -0.39 is 24.0 Å². The van der Waals surface area contributed by atoms with Crippen LogP contribution in [0.5, 0.6) is 0 Å². The second-order valence-electron chi connectivity index (χ2n) is 3.79. The van der Waals surface area contributed by atoms with Crippen LogP contribution in [0.4, 0.5) is 14.5 Å². The molecule has 104 valence electrons. The fourth-order valence-electron chi connectivity index (χ4n) is 1.53. The Labute approximate surface area is 112 Å². The fraction of sp³-hybridized carbons (Fsp3) is 0.167. The number of aromatic nitrogens is 3. The summed E-state index contributed by atoms with van der Waals surface area (Å²) in [6, 6.07) is 2.40. The van der Waals surface area contributed by atoms with Crippen LogP contribution in [-0.4, -0.2) is 27.1 Å². The van der Waals surface area contributed by atoms with Gasteiger partial charge in [-0.2, -0.15) is 0 Å². The minimum absolute atomic E-state index is 0.0213. The Kier molecular flexibility index (Phi) is 4.14. The lowest BCUT2D eigenvalue weighted by molar-refractivity contribution is 0.101. The monoisotopic (exact) mass is 280 g/mol. The van der Waals surface area contributed by atoms with Crippen LogP contribution in [0.2, 0.25) is 0 Å². The van der Waals surface area contributed by atoms with Crippen molar-refractivity contribution in [3.05, 3.63) is 52.7 Å². The first-order valence-electron chi connectivity index (χ1n) is 5.66. The zero-order valence-corrected chi connectivity index (χ0v) is 10.2. The Morgan fingerprint density at radius 2 is 2.05 bits per heavy atom. The van der Waals surface area contributed by atoms with E-state index in [4.69, 9.17) is 0 Å². The Bertz CT molecular complexity index is 673. The van der Waals surface area contributed by atoms with Gasteiger partial charge in [-0.05, 0) is 6.07 Å². The number of pyridine rings is 1. The summed E-state index contributed by atoms with van der Waals surface area (Å²) in [6.07, 6.45) is 3.92. The molecule has 8 heteroatoms. The van der Waals surface area contributed by atoms with Gasteiger partial charge in [-0.1, -0.05) is 0 Å². The first kappa shape index (κ1) is 13.8. The third kappa shape index (κ3) is 3.02. The number of aryl methyl sites for hydroxylation is 1. The number of nitrogens with zero attached hydrogens (tertiary/aromatic N) is 3. The van der Waals surface area contributed by atoms with E-state index >= 15 is 0 Å². The molecular weight excluding hydrogens is 270 g/mol. The molecule has 0 aliphatic carbocycles. The molecule has 0 unspecified atom stereocenters. The summed E-state index contributed by atoms with van der Waals surface area (Å²) in [5.74, 6) is -1.84. The highest BCUT2D eigenvalue weighted by Gasteiger charge is 2.11. The lowest BCUT2D eigenvalue weighted by Crippen LogP contribution is -2.25. The third-order valence-corrected chi connectivity index (χ3v) is 2.39. The summed E-state index contributed by atoms with van der Waals surface area (Å²) < 4.78 is 26.5. The van der Waals surface area contributed by atoms with Gasteiger partial charge >= 0.3 is 0 Å². The van der Waals surface area contributed by atoms with E-state index in [2.05, 4.69) is 15.3 Å². The van der Waals surface area contributed by atoms with Crippen LogP contribution < -0.4 is 10.9 Å². The van der Waals surface area contributed by atoms with Crippen LogP contribution in [-0.2, 0) is 6.54 Å². The molecule has 0 bridgehead atoms. The largest absolute Gasteiger partial charge is 0.318 e. The van der Waals surface area contributed by atoms with Crippen LogP contribution >= 0.6 is 0 Å². The van der Waals surface area contributed by atoms with E-state index in [-0.39, 0.29) is 18.1 Å². The molecule has 2 rings (SSSR count). The number of amides is 1. The zero-order chi connectivity index (χ0) is 14.5. The predicted octanol–water partition coefficient (Wildman–Crippen LogP) is 0.999. The second kappa shape index (κ2) is 6.00. The minimum atomic E-state index is -1.08. The highest BCUT2D eigenvalue weighted by atomic mass is 19.1. The fourth-order valence-corrected chi connectivity index (χ4v) is 1.53. The number of hydrogen-bond acceptors (Lipinski definition) is 4. The third-order valence-electron chi connectivity index (χ3n) is 2.39. The molecule has 20 heavy (non-hydrogen) atoms. The molecule has 0 aliphatic rings. The number of carbonyl (C=O) groups excluding carboxylic acids is 1. The molecule has 0 aliphatic heterocycles. The molecule has 2 aromatic heterocycles. The van der Waals surface area contributed by atoms with Gasteiger partial charge in [-0.3, -0.25) is 9.59 Å². The number of carbonyl (C=O) groups is 1. The standard InChI is InChI=1S/C12H10F2N4O2/c13-2-5-18-7-8(6-9(14)12(18)20)17-11(19)10-15-3-1-4-16-10/h1,3-4,6-7H,2,5H2,(H,17,19). The molecule has 0 radical (unpaired) electrons. The van der Waals surface area contributed by atoms with Crippen molar-refractivity contribution in [1.82, 2.24) is 14.5 Å². The van der Waals surface area contributed by atoms with Gasteiger partial charge in [-0.25, -0.2) is 18.7 Å². The number of halogens is 2. The van der Waals surface area contributed by atoms with E-state index in [1.807, 2.05) is 0 Å². The quantitative estimate of drug-likeness (QED) is 0.906. The summed E-state index contributed by atoms with van der Waals surface area (Å²) in [5, 5.41) is 2.34. The number of anilines is 1. The van der Waals surface area contributed by atoms with E-state index in [9.17, 15) is 18.4 Å². The Hall–Kier alpha value is -2.64. The van der Waals surface area contributed by atoms with Crippen LogP contribution in [0.3, 0.4) is 0 Å². The van der Waals surface area contributed by atoms with Crippen LogP contribution in [0, 0.1) is 5.82 Å². The molecule has 2 aromatic rings. The first-order chi connectivity index (χ1) is 9.61. The van der Waals surface area contributed by atoms with Crippen molar-refractivity contribution in [2.75, 3.05) is 12.0 Å². The molecule has 0 aromatic carbocycles. The lowest BCUT2D eigenvalue weighted by Gasteiger charge is -2.08. The normalized spacial score (nSPS) is 10.3. The van der Waals surface area contributed by atoms with Gasteiger partial charge in [0.2, 0.25) is 5.82 Å². The van der Waals surface area contributed by atoms with Gasteiger partial charge in [0.15, 0.2) is 5.82 Å². The van der Waals surface area contributed by atoms with E-state index in [0.717, 1.165) is 16.8 Å². The van der Waals surface area contributed by atoms with Crippen molar-refractivity contribution in [3.8, 4) is 0 Å². The van der Waals surface area contributed by atoms with Gasteiger partial charge in [0, 0.05) is 24.7 Å². The van der Waals surface area contributed by atoms with E-state index in [1.165, 1.54) is 18.5 Å². The highest BCUT2D eigenvalue weighted by molar-refractivity contribution is 6.01. The Balaban J connectivity index is 2.26. The SMILES string of the molecule is O=C(Nc1cc(F)c(=O)n(CCF)c1)c1ncccn1. The molecule has 1 N–H and O–H groups in total. The number of nitrogens with one attached hydrogen (secondary N) is 1. The number of hydrogen-bond donors (Lipinski definition) is 1. The summed E-state index contributed by atoms with van der Waals surface area (Å²) in [6.45, 7) is -1.11. The summed E-state index contributed by atoms with van der Waals surface area (Å²) in [4.78, 5) is 30.6. The summed E-state index contributed by atoms with van der Waals surface area (Å²) in [5.41, 5.74) is -0.926. The predicted molar refractivity (Wildman–Crippen MR) is 66.6 cm³/mol. The van der Waals surface area contributed by atoms with Crippen molar-refractivity contribution < 1.29 is 13.6 Å². The summed E-state index contributed by atoms with van der Waals surface area (Å²) in [7, 11) is 0. The van der Waals surface area contributed by atoms with Crippen LogP contribution in [0.1, 0.15) is 10.6 Å². The molecule has 0 spiro atoms. The van der Waals surface area contributed by atoms with E-state index in [0.29, 0.717) is 0 Å². The summed E-state index contributed by atoms with van der Waals surface area (Å²) >= 11 is 0. The second-order valence-corrected chi connectivity index (χ2v) is 3.79. The van der Waals surface area contributed by atoms with Crippen molar-refractivity contribution in [2.45, 2.75) is 6.54 Å². The molecule has 1 amide bonds. The van der Waals surface area contributed by atoms with Gasteiger partial charge in [-0.15, -0.1) is 0 Å². The molecule has 0 saturated carbocycles. The topological polar surface area (TPSA) is 76.9 Å². The first-order valence-corrected chi connectivity index (χ1v) is 5.66. The molecule has 2 heterocycles. The Morgan fingerprint density at radius 3 is 2.70 bits per heavy atom. The maximum absolute atomic E-state index is 13.4. The molecule has 6 nitrogen and oxygen atoms in total. The Morgan fingerprint density at radius 1 is 1.35 bits per heavy atom. The van der Waals surface area contributed by atoms with Crippen molar-refractivity contribution in [3.63, 3.8) is 0 Å². The average molecular weight is 280 g/mol. The van der Waals surface area contributed by atoms with Gasteiger partial charge in [0.25, 0.3) is 11.5 Å². The van der Waals surface area contributed by atoms with E-state index in [1.54, 1.807) is 0 Å². The highest BCUT2D eigenvalue weighted by Crippen LogP contribution is 2.07. The number of rotatable bonds is 4. The van der Waals surface area contributed by atoms with Gasteiger partial charge < -0.3 is 9.88 Å². The van der Waals surface area contributed by atoms with Crippen LogP contribution in [0.15, 0.2) is 35.5 Å². The van der Waals surface area contributed by atoms with Gasteiger partial charge in [0.05, 0.1) is 12.2 Å². The zero-order valence-electron chi connectivity index (χ0n) is 10.2. The molecule has 0 fully saturated rings. The maximum Gasteiger partial charge on any atom is 0.293 e. The van der Waals surface area contributed by atoms with Crippen molar-refractivity contribution in [2.24, 2.45) is 0 Å². The van der Waals surface area contributed by atoms with Crippen molar-refractivity contribution >= 4 is 11.6 Å².